The molecule has 0 aromatic heterocycles. The van der Waals surface area contributed by atoms with Crippen LogP contribution in [0.4, 0.5) is 5.69 Å². The first-order valence-corrected chi connectivity index (χ1v) is 4.62. The van der Waals surface area contributed by atoms with E-state index in [1.165, 1.54) is 5.56 Å². The summed E-state index contributed by atoms with van der Waals surface area (Å²) in [5.41, 5.74) is 7.62. The number of nitrogens with two attached hydrogens (primary N) is 1. The molecule has 0 bridgehead atoms. The first-order chi connectivity index (χ1) is 6.84. The summed E-state index contributed by atoms with van der Waals surface area (Å²) in [6, 6.07) is 15.9. The molecule has 1 nitrogen and oxygen atoms in total. The van der Waals surface area contributed by atoms with Crippen molar-refractivity contribution in [3.63, 3.8) is 0 Å². The molecule has 15 heavy (non-hydrogen) atoms. The molecule has 0 aliphatic heterocycles. The molecular formula is C13H15FeN-6. The second kappa shape index (κ2) is 8.10. The molecule has 2 aromatic carbocycles. The fraction of sp³-hybridized carbons (Fsp3) is 0.0769. The van der Waals surface area contributed by atoms with Crippen LogP contribution in [0, 0.1) is 0 Å². The Labute approximate surface area is 102 Å². The van der Waals surface area contributed by atoms with Crippen molar-refractivity contribution in [1.82, 2.24) is 0 Å². The van der Waals surface area contributed by atoms with Gasteiger partial charge in [-0.1, -0.05) is 18.2 Å². The molecule has 2 aromatic rings. The van der Waals surface area contributed by atoms with Gasteiger partial charge in [0.2, 0.25) is 0 Å². The summed E-state index contributed by atoms with van der Waals surface area (Å²) >= 11 is 0. The molecule has 0 unspecified atom stereocenters. The maximum absolute atomic E-state index is 5.58. The molecule has 0 aliphatic rings. The van der Waals surface area contributed by atoms with Gasteiger partial charge in [-0.3, -0.25) is 0 Å². The predicted molar refractivity (Wildman–Crippen MR) is 62.4 cm³/mol. The van der Waals surface area contributed by atoms with Gasteiger partial charge >= 0.3 is 0 Å². The minimum atomic E-state index is 0. The number of rotatable bonds is 2. The van der Waals surface area contributed by atoms with Crippen molar-refractivity contribution in [3.05, 3.63) is 66.7 Å². The molecule has 0 spiro atoms. The van der Waals surface area contributed by atoms with Crippen LogP contribution in [0.25, 0.3) is 0 Å². The molecule has 86 valence electrons. The summed E-state index contributed by atoms with van der Waals surface area (Å²) in [5.74, 6) is 0. The molecular weight excluding hydrogens is 226 g/mol. The van der Waals surface area contributed by atoms with Crippen LogP contribution in [-0.4, -0.2) is 0 Å². The largest absolute Gasteiger partial charge is 0.748 e. The quantitative estimate of drug-likeness (QED) is 0.488. The van der Waals surface area contributed by atoms with Crippen LogP contribution in [-0.2, 0) is 23.5 Å². The first-order valence-electron chi connectivity index (χ1n) is 4.62. The van der Waals surface area contributed by atoms with Gasteiger partial charge in [-0.15, -0.1) is 12.1 Å². The van der Waals surface area contributed by atoms with E-state index in [2.05, 4.69) is 6.58 Å². The van der Waals surface area contributed by atoms with E-state index in [1.54, 1.807) is 0 Å². The summed E-state index contributed by atoms with van der Waals surface area (Å²) < 4.78 is 0. The first kappa shape index (κ1) is 13.8. The molecule has 2 heteroatoms. The van der Waals surface area contributed by atoms with Crippen molar-refractivity contribution >= 4 is 5.69 Å². The zero-order chi connectivity index (χ0) is 10.2. The van der Waals surface area contributed by atoms with Gasteiger partial charge in [0, 0.05) is 17.1 Å². The number of hydrogen-bond donors (Lipinski definition) is 1. The van der Waals surface area contributed by atoms with E-state index in [0.717, 1.165) is 12.1 Å². The third kappa shape index (κ3) is 5.26. The average molecular weight is 241 g/mol. The standard InChI is InChI=1S/C8H10N.C5H5.Fe/c1-2-4-7-5-3-6-8(7)9;1-2-4-5-3-1;/h2-3,5-6H,1,4,9H2;1-5H;/q-1;-5;. The monoisotopic (exact) mass is 241 g/mol. The predicted octanol–water partition coefficient (Wildman–Crippen LogP) is 3.12. The zero-order valence-electron chi connectivity index (χ0n) is 8.54. The topological polar surface area (TPSA) is 26.0 Å². The van der Waals surface area contributed by atoms with Crippen LogP contribution in [0.5, 0.6) is 0 Å². The molecule has 0 aliphatic carbocycles. The Morgan fingerprint density at radius 2 is 1.80 bits per heavy atom. The van der Waals surface area contributed by atoms with Crippen molar-refractivity contribution in [2.24, 2.45) is 0 Å². The Bertz CT molecular complexity index is 329. The minimum Gasteiger partial charge on any atom is -0.748 e. The Kier molecular flexibility index (Phi) is 7.43. The smallest absolute Gasteiger partial charge is 0 e. The van der Waals surface area contributed by atoms with Crippen molar-refractivity contribution < 1.29 is 17.1 Å². The third-order valence-electron chi connectivity index (χ3n) is 1.86. The molecule has 0 fully saturated rings. The van der Waals surface area contributed by atoms with Crippen molar-refractivity contribution in [3.8, 4) is 0 Å². The normalized spacial score (nSPS) is 8.27. The molecule has 0 amide bonds. The number of nitrogen functional groups attached to an aromatic ring is 1. The number of anilines is 1. The van der Waals surface area contributed by atoms with E-state index in [1.807, 2.05) is 54.6 Å². The van der Waals surface area contributed by atoms with Crippen LogP contribution in [0.15, 0.2) is 61.2 Å². The van der Waals surface area contributed by atoms with E-state index in [-0.39, 0.29) is 17.1 Å². The van der Waals surface area contributed by atoms with Crippen molar-refractivity contribution in [2.45, 2.75) is 6.42 Å². The van der Waals surface area contributed by atoms with Gasteiger partial charge in [-0.25, -0.2) is 6.07 Å². The van der Waals surface area contributed by atoms with Crippen LogP contribution in [0.2, 0.25) is 0 Å². The van der Waals surface area contributed by atoms with Crippen LogP contribution in [0.3, 0.4) is 0 Å². The summed E-state index contributed by atoms with van der Waals surface area (Å²) in [6.45, 7) is 3.62. The van der Waals surface area contributed by atoms with Crippen LogP contribution < -0.4 is 5.73 Å². The average Bonchev–Trinajstić information content (AvgIpc) is 2.81. The van der Waals surface area contributed by atoms with Crippen molar-refractivity contribution in [2.75, 3.05) is 5.73 Å². The maximum atomic E-state index is 5.58. The number of allylic oxidation sites excluding steroid dienone is 1. The van der Waals surface area contributed by atoms with Crippen molar-refractivity contribution in [1.29, 1.82) is 0 Å². The zero-order valence-corrected chi connectivity index (χ0v) is 9.65. The second-order valence-corrected chi connectivity index (χ2v) is 2.96. The molecule has 0 saturated carbocycles. The Morgan fingerprint density at radius 3 is 2.13 bits per heavy atom. The SMILES string of the molecule is C=CC[c-]1cccc1N.[Fe].[cH-]1[cH-][cH-][cH-][cH-]1. The van der Waals surface area contributed by atoms with Crippen LogP contribution in [0.1, 0.15) is 5.56 Å². The van der Waals surface area contributed by atoms with Gasteiger partial charge in [0.1, 0.15) is 0 Å². The van der Waals surface area contributed by atoms with Gasteiger partial charge in [0.15, 0.2) is 0 Å². The van der Waals surface area contributed by atoms with E-state index < -0.39 is 0 Å². The van der Waals surface area contributed by atoms with Gasteiger partial charge in [-0.05, 0) is 0 Å². The van der Waals surface area contributed by atoms with Gasteiger partial charge < -0.3 is 36.1 Å². The summed E-state index contributed by atoms with van der Waals surface area (Å²) in [5, 5.41) is 0. The molecule has 0 atom stereocenters. The Hall–Kier alpha value is -1.24. The molecule has 2 rings (SSSR count). The summed E-state index contributed by atoms with van der Waals surface area (Å²) in [6.07, 6.45) is 2.73. The van der Waals surface area contributed by atoms with E-state index in [4.69, 9.17) is 5.73 Å². The Balaban J connectivity index is 0.000000280. The number of hydrogen-bond acceptors (Lipinski definition) is 1. The summed E-state index contributed by atoms with van der Waals surface area (Å²) in [4.78, 5) is 0. The minimum absolute atomic E-state index is 0. The van der Waals surface area contributed by atoms with Gasteiger partial charge in [-0.2, -0.15) is 12.1 Å². The van der Waals surface area contributed by atoms with Crippen LogP contribution >= 0.6 is 0 Å². The summed E-state index contributed by atoms with van der Waals surface area (Å²) in [7, 11) is 0. The second-order valence-electron chi connectivity index (χ2n) is 2.96. The fourth-order valence-corrected chi connectivity index (χ4v) is 1.13. The molecule has 2 N–H and O–H groups in total. The molecule has 0 heterocycles. The Morgan fingerprint density at radius 1 is 1.27 bits per heavy atom. The van der Waals surface area contributed by atoms with Gasteiger partial charge in [0.25, 0.3) is 0 Å². The van der Waals surface area contributed by atoms with Gasteiger partial charge in [0.05, 0.1) is 0 Å². The molecule has 0 radical (unpaired) electrons. The van der Waals surface area contributed by atoms with E-state index in [9.17, 15) is 0 Å². The fourth-order valence-electron chi connectivity index (χ4n) is 1.13. The van der Waals surface area contributed by atoms with E-state index in [0.29, 0.717) is 0 Å². The molecule has 0 saturated heterocycles. The maximum Gasteiger partial charge on any atom is 0 e. The third-order valence-corrected chi connectivity index (χ3v) is 1.86. The van der Waals surface area contributed by atoms with E-state index >= 15 is 0 Å².